The summed E-state index contributed by atoms with van der Waals surface area (Å²) in [5, 5.41) is 2.81. The van der Waals surface area contributed by atoms with Gasteiger partial charge in [-0.25, -0.2) is 0 Å². The van der Waals surface area contributed by atoms with Gasteiger partial charge in [0.05, 0.1) is 10.4 Å². The molecule has 110 valence electrons. The van der Waals surface area contributed by atoms with Crippen LogP contribution in [-0.4, -0.2) is 29.3 Å². The predicted octanol–water partition coefficient (Wildman–Crippen LogP) is 2.84. The first-order valence-corrected chi connectivity index (χ1v) is 7.98. The molecule has 2 rings (SSSR count). The molecule has 0 bridgehead atoms. The average Bonchev–Trinajstić information content (AvgIpc) is 2.86. The Hall–Kier alpha value is -1.07. The van der Waals surface area contributed by atoms with Crippen molar-refractivity contribution in [2.75, 3.05) is 6.54 Å². The molecule has 1 aromatic heterocycles. The number of hydrogen-bond donors (Lipinski definition) is 1. The van der Waals surface area contributed by atoms with Crippen molar-refractivity contribution in [2.24, 2.45) is 5.92 Å². The Bertz CT molecular complexity index is 517. The molecule has 0 aliphatic carbocycles. The van der Waals surface area contributed by atoms with Gasteiger partial charge in [-0.15, -0.1) is 11.3 Å². The van der Waals surface area contributed by atoms with Gasteiger partial charge in [0.15, 0.2) is 0 Å². The number of nitrogens with zero attached hydrogens (tertiary/aromatic N) is 1. The molecule has 6 heteroatoms. The lowest BCUT2D eigenvalue weighted by Gasteiger charge is -2.38. The highest BCUT2D eigenvalue weighted by molar-refractivity contribution is 7.16. The molecule has 0 aromatic carbocycles. The molecule has 1 fully saturated rings. The Morgan fingerprint density at radius 1 is 1.45 bits per heavy atom. The van der Waals surface area contributed by atoms with E-state index in [9.17, 15) is 9.59 Å². The predicted molar refractivity (Wildman–Crippen MR) is 80.8 cm³/mol. The van der Waals surface area contributed by atoms with E-state index in [1.165, 1.54) is 11.3 Å². The van der Waals surface area contributed by atoms with E-state index in [0.717, 1.165) is 11.3 Å². The first kappa shape index (κ1) is 15.3. The van der Waals surface area contributed by atoms with Crippen molar-refractivity contribution in [1.82, 2.24) is 10.2 Å². The van der Waals surface area contributed by atoms with Crippen LogP contribution >= 0.6 is 22.9 Å². The van der Waals surface area contributed by atoms with E-state index < -0.39 is 6.04 Å². The number of piperazine rings is 1. The minimum Gasteiger partial charge on any atom is -0.342 e. The SMILES string of the molecule is CCC(C)C1NC(=O)CN(C(C)c2ccc(Cl)s2)C1=O. The lowest BCUT2D eigenvalue weighted by molar-refractivity contribution is -0.147. The van der Waals surface area contributed by atoms with Gasteiger partial charge in [-0.3, -0.25) is 9.59 Å². The van der Waals surface area contributed by atoms with Gasteiger partial charge in [0.2, 0.25) is 11.8 Å². The summed E-state index contributed by atoms with van der Waals surface area (Å²) >= 11 is 7.39. The molecule has 0 radical (unpaired) electrons. The lowest BCUT2D eigenvalue weighted by atomic mass is 9.95. The third-order valence-electron chi connectivity index (χ3n) is 3.87. The second-order valence-electron chi connectivity index (χ2n) is 5.21. The van der Waals surface area contributed by atoms with Crippen molar-refractivity contribution in [3.8, 4) is 0 Å². The second-order valence-corrected chi connectivity index (χ2v) is 6.96. The quantitative estimate of drug-likeness (QED) is 0.929. The highest BCUT2D eigenvalue weighted by Crippen LogP contribution is 2.31. The second kappa shape index (κ2) is 6.14. The Kier molecular flexibility index (Phi) is 4.70. The first-order valence-electron chi connectivity index (χ1n) is 6.79. The van der Waals surface area contributed by atoms with Crippen molar-refractivity contribution >= 4 is 34.8 Å². The topological polar surface area (TPSA) is 49.4 Å². The zero-order valence-electron chi connectivity index (χ0n) is 11.9. The molecule has 1 aliphatic rings. The van der Waals surface area contributed by atoms with Gasteiger partial charge in [0, 0.05) is 4.88 Å². The summed E-state index contributed by atoms with van der Waals surface area (Å²) in [6, 6.07) is 3.19. The van der Waals surface area contributed by atoms with Crippen LogP contribution in [0.2, 0.25) is 4.34 Å². The molecule has 1 aromatic rings. The summed E-state index contributed by atoms with van der Waals surface area (Å²) in [6.45, 7) is 6.05. The third-order valence-corrected chi connectivity index (χ3v) is 5.27. The highest BCUT2D eigenvalue weighted by Gasteiger charge is 2.38. The zero-order chi connectivity index (χ0) is 14.9. The number of halogens is 1. The Balaban J connectivity index is 2.21. The van der Waals surface area contributed by atoms with Gasteiger partial charge in [0.1, 0.15) is 12.6 Å². The molecule has 20 heavy (non-hydrogen) atoms. The van der Waals surface area contributed by atoms with Crippen LogP contribution in [0.15, 0.2) is 12.1 Å². The standard InChI is InChI=1S/C14H19ClN2O2S/c1-4-8(2)13-14(19)17(7-12(18)16-13)9(3)10-5-6-11(15)20-10/h5-6,8-9,13H,4,7H2,1-3H3,(H,16,18). The molecular formula is C14H19ClN2O2S. The number of carbonyl (C=O) groups excluding carboxylic acids is 2. The van der Waals surface area contributed by atoms with Crippen LogP contribution in [0.25, 0.3) is 0 Å². The normalized spacial score (nSPS) is 22.6. The Morgan fingerprint density at radius 3 is 2.70 bits per heavy atom. The first-order chi connectivity index (χ1) is 9.43. The highest BCUT2D eigenvalue weighted by atomic mass is 35.5. The maximum atomic E-state index is 12.6. The van der Waals surface area contributed by atoms with Crippen LogP contribution in [0.4, 0.5) is 0 Å². The van der Waals surface area contributed by atoms with E-state index in [4.69, 9.17) is 11.6 Å². The van der Waals surface area contributed by atoms with Crippen LogP contribution < -0.4 is 5.32 Å². The minimum absolute atomic E-state index is 0.00373. The molecule has 3 atom stereocenters. The van der Waals surface area contributed by atoms with Gasteiger partial charge >= 0.3 is 0 Å². The smallest absolute Gasteiger partial charge is 0.246 e. The van der Waals surface area contributed by atoms with Crippen LogP contribution in [0, 0.1) is 5.92 Å². The molecule has 0 saturated carbocycles. The number of rotatable bonds is 4. The van der Waals surface area contributed by atoms with E-state index in [0.29, 0.717) is 4.34 Å². The van der Waals surface area contributed by atoms with Crippen molar-refractivity contribution in [3.63, 3.8) is 0 Å². The summed E-state index contributed by atoms with van der Waals surface area (Å²) in [4.78, 5) is 27.1. The van der Waals surface area contributed by atoms with Gasteiger partial charge in [-0.2, -0.15) is 0 Å². The molecule has 1 aliphatic heterocycles. The van der Waals surface area contributed by atoms with E-state index in [2.05, 4.69) is 5.32 Å². The monoisotopic (exact) mass is 314 g/mol. The molecule has 3 unspecified atom stereocenters. The molecule has 0 spiro atoms. The van der Waals surface area contributed by atoms with Crippen LogP contribution in [0.3, 0.4) is 0 Å². The Morgan fingerprint density at radius 2 is 2.15 bits per heavy atom. The minimum atomic E-state index is -0.417. The third kappa shape index (κ3) is 2.99. The summed E-state index contributed by atoms with van der Waals surface area (Å²) in [7, 11) is 0. The summed E-state index contributed by atoms with van der Waals surface area (Å²) in [6.07, 6.45) is 0.851. The number of carbonyl (C=O) groups is 2. The lowest BCUT2D eigenvalue weighted by Crippen LogP contribution is -2.60. The molecule has 2 heterocycles. The molecule has 4 nitrogen and oxygen atoms in total. The molecule has 2 amide bonds. The average molecular weight is 315 g/mol. The summed E-state index contributed by atoms with van der Waals surface area (Å²) < 4.78 is 0.694. The number of amides is 2. The van der Waals surface area contributed by atoms with Crippen molar-refractivity contribution in [2.45, 2.75) is 39.3 Å². The fourth-order valence-electron chi connectivity index (χ4n) is 2.35. The molecule has 1 saturated heterocycles. The van der Waals surface area contributed by atoms with Crippen molar-refractivity contribution in [3.05, 3.63) is 21.3 Å². The largest absolute Gasteiger partial charge is 0.342 e. The van der Waals surface area contributed by atoms with Crippen LogP contribution in [0.1, 0.15) is 38.1 Å². The number of thiophene rings is 1. The molecular weight excluding hydrogens is 296 g/mol. The zero-order valence-corrected chi connectivity index (χ0v) is 13.4. The van der Waals surface area contributed by atoms with E-state index in [-0.39, 0.29) is 30.3 Å². The van der Waals surface area contributed by atoms with Gasteiger partial charge in [-0.05, 0) is 25.0 Å². The van der Waals surface area contributed by atoms with E-state index in [1.54, 1.807) is 4.90 Å². The van der Waals surface area contributed by atoms with Crippen LogP contribution in [-0.2, 0) is 9.59 Å². The number of hydrogen-bond acceptors (Lipinski definition) is 3. The number of nitrogens with one attached hydrogen (secondary N) is 1. The van der Waals surface area contributed by atoms with Gasteiger partial charge in [0.25, 0.3) is 0 Å². The fraction of sp³-hybridized carbons (Fsp3) is 0.571. The van der Waals surface area contributed by atoms with Crippen molar-refractivity contribution < 1.29 is 9.59 Å². The Labute approximate surface area is 128 Å². The van der Waals surface area contributed by atoms with Crippen molar-refractivity contribution in [1.29, 1.82) is 0 Å². The maximum Gasteiger partial charge on any atom is 0.246 e. The summed E-state index contributed by atoms with van der Waals surface area (Å²) in [5.41, 5.74) is 0. The summed E-state index contributed by atoms with van der Waals surface area (Å²) in [5.74, 6) is 0.0359. The van der Waals surface area contributed by atoms with Gasteiger partial charge < -0.3 is 10.2 Å². The van der Waals surface area contributed by atoms with Gasteiger partial charge in [-0.1, -0.05) is 31.9 Å². The van der Waals surface area contributed by atoms with E-state index >= 15 is 0 Å². The maximum absolute atomic E-state index is 12.6. The van der Waals surface area contributed by atoms with E-state index in [1.807, 2.05) is 32.9 Å². The van der Waals surface area contributed by atoms with Crippen LogP contribution in [0.5, 0.6) is 0 Å². The molecule has 1 N–H and O–H groups in total. The fourth-order valence-corrected chi connectivity index (χ4v) is 3.47.